The maximum absolute atomic E-state index is 12.3. The van der Waals surface area contributed by atoms with E-state index in [-0.39, 0.29) is 5.91 Å². The SMILES string of the molecule is COc1c(-c2ccc(N3CCCCC3=O)cc2)ccc(C(C)=N)c1Nc1cccc(CN)c1. The smallest absolute Gasteiger partial charge is 0.226 e. The molecule has 0 unspecified atom stereocenters. The maximum atomic E-state index is 12.3. The van der Waals surface area contributed by atoms with Crippen LogP contribution in [0.1, 0.15) is 37.3 Å². The van der Waals surface area contributed by atoms with Crippen LogP contribution in [-0.2, 0) is 11.3 Å². The Morgan fingerprint density at radius 1 is 1.12 bits per heavy atom. The molecule has 4 N–H and O–H groups in total. The first-order chi connectivity index (χ1) is 16.0. The summed E-state index contributed by atoms with van der Waals surface area (Å²) in [6, 6.07) is 19.9. The Bertz CT molecular complexity index is 1170. The molecule has 33 heavy (non-hydrogen) atoms. The first-order valence-corrected chi connectivity index (χ1v) is 11.2. The maximum Gasteiger partial charge on any atom is 0.226 e. The number of benzene rings is 3. The molecule has 1 amide bonds. The Balaban J connectivity index is 1.73. The van der Waals surface area contributed by atoms with Gasteiger partial charge in [0, 0.05) is 47.7 Å². The van der Waals surface area contributed by atoms with Crippen LogP contribution in [0.5, 0.6) is 5.75 Å². The van der Waals surface area contributed by atoms with Gasteiger partial charge < -0.3 is 26.1 Å². The third-order valence-electron chi connectivity index (χ3n) is 6.01. The van der Waals surface area contributed by atoms with Crippen LogP contribution < -0.4 is 20.7 Å². The summed E-state index contributed by atoms with van der Waals surface area (Å²) in [5.41, 5.74) is 12.5. The van der Waals surface area contributed by atoms with Crippen LogP contribution in [0.3, 0.4) is 0 Å². The lowest BCUT2D eigenvalue weighted by atomic mass is 9.98. The number of nitrogens with zero attached hydrogens (tertiary/aromatic N) is 1. The Labute approximate surface area is 194 Å². The highest BCUT2D eigenvalue weighted by Crippen LogP contribution is 2.41. The number of ether oxygens (including phenoxy) is 1. The number of amides is 1. The molecule has 0 bridgehead atoms. The molecule has 0 radical (unpaired) electrons. The number of piperidine rings is 1. The van der Waals surface area contributed by atoms with Crippen molar-refractivity contribution in [2.24, 2.45) is 5.73 Å². The lowest BCUT2D eigenvalue weighted by molar-refractivity contribution is -0.119. The van der Waals surface area contributed by atoms with Gasteiger partial charge in [0.15, 0.2) is 5.75 Å². The van der Waals surface area contributed by atoms with E-state index < -0.39 is 0 Å². The summed E-state index contributed by atoms with van der Waals surface area (Å²) in [7, 11) is 1.64. The second-order valence-corrected chi connectivity index (χ2v) is 8.27. The van der Waals surface area contributed by atoms with E-state index in [2.05, 4.69) is 5.32 Å². The van der Waals surface area contributed by atoms with Crippen LogP contribution in [0.15, 0.2) is 60.7 Å². The number of carbonyl (C=O) groups excluding carboxylic acids is 1. The van der Waals surface area contributed by atoms with Crippen molar-refractivity contribution in [3.05, 3.63) is 71.8 Å². The lowest BCUT2D eigenvalue weighted by Gasteiger charge is -2.27. The van der Waals surface area contributed by atoms with E-state index in [4.69, 9.17) is 15.9 Å². The van der Waals surface area contributed by atoms with Crippen molar-refractivity contribution < 1.29 is 9.53 Å². The molecule has 170 valence electrons. The number of methoxy groups -OCH3 is 1. The quantitative estimate of drug-likeness (QED) is 0.423. The summed E-state index contributed by atoms with van der Waals surface area (Å²) >= 11 is 0. The Hall–Kier alpha value is -3.64. The molecular formula is C27H30N4O2. The van der Waals surface area contributed by atoms with Gasteiger partial charge in [-0.15, -0.1) is 0 Å². The Morgan fingerprint density at radius 2 is 1.91 bits per heavy atom. The highest BCUT2D eigenvalue weighted by Gasteiger charge is 2.21. The van der Waals surface area contributed by atoms with Crippen LogP contribution in [0.2, 0.25) is 0 Å². The van der Waals surface area contributed by atoms with Gasteiger partial charge in [-0.25, -0.2) is 0 Å². The van der Waals surface area contributed by atoms with Crippen molar-refractivity contribution >= 4 is 28.7 Å². The van der Waals surface area contributed by atoms with Gasteiger partial charge in [0.05, 0.1) is 12.8 Å². The molecule has 0 atom stereocenters. The summed E-state index contributed by atoms with van der Waals surface area (Å²) in [6.45, 7) is 2.99. The van der Waals surface area contributed by atoms with Crippen molar-refractivity contribution in [2.45, 2.75) is 32.7 Å². The third-order valence-corrected chi connectivity index (χ3v) is 6.01. The minimum absolute atomic E-state index is 0.184. The molecule has 0 aliphatic carbocycles. The number of nitrogens with two attached hydrogens (primary N) is 1. The number of hydrogen-bond acceptors (Lipinski definition) is 5. The van der Waals surface area contributed by atoms with Crippen molar-refractivity contribution in [3.63, 3.8) is 0 Å². The number of anilines is 3. The average molecular weight is 443 g/mol. The van der Waals surface area contributed by atoms with Crippen molar-refractivity contribution in [1.29, 1.82) is 5.41 Å². The van der Waals surface area contributed by atoms with Gasteiger partial charge >= 0.3 is 0 Å². The van der Waals surface area contributed by atoms with E-state index in [9.17, 15) is 4.79 Å². The van der Waals surface area contributed by atoms with Gasteiger partial charge in [0.1, 0.15) is 0 Å². The second-order valence-electron chi connectivity index (χ2n) is 8.27. The average Bonchev–Trinajstić information content (AvgIpc) is 2.84. The van der Waals surface area contributed by atoms with E-state index >= 15 is 0 Å². The fourth-order valence-corrected chi connectivity index (χ4v) is 4.28. The molecule has 1 aliphatic rings. The highest BCUT2D eigenvalue weighted by molar-refractivity contribution is 6.05. The van der Waals surface area contributed by atoms with E-state index in [1.807, 2.05) is 65.6 Å². The zero-order chi connectivity index (χ0) is 23.4. The van der Waals surface area contributed by atoms with Crippen LogP contribution in [0.25, 0.3) is 11.1 Å². The predicted octanol–water partition coefficient (Wildman–Crippen LogP) is 5.47. The molecule has 6 heteroatoms. The van der Waals surface area contributed by atoms with Gasteiger partial charge in [0.2, 0.25) is 5.91 Å². The van der Waals surface area contributed by atoms with Gasteiger partial charge in [-0.1, -0.05) is 30.3 Å². The van der Waals surface area contributed by atoms with E-state index in [0.717, 1.165) is 58.7 Å². The van der Waals surface area contributed by atoms with Crippen LogP contribution in [0.4, 0.5) is 17.1 Å². The first kappa shape index (κ1) is 22.6. The molecule has 3 aromatic carbocycles. The summed E-state index contributed by atoms with van der Waals surface area (Å²) in [6.07, 6.45) is 2.61. The summed E-state index contributed by atoms with van der Waals surface area (Å²) < 4.78 is 5.87. The molecule has 1 aliphatic heterocycles. The fraction of sp³-hybridized carbons (Fsp3) is 0.259. The van der Waals surface area contributed by atoms with Crippen molar-refractivity contribution in [2.75, 3.05) is 23.9 Å². The first-order valence-electron chi connectivity index (χ1n) is 11.2. The molecule has 4 rings (SSSR count). The molecule has 0 saturated carbocycles. The van der Waals surface area contributed by atoms with Crippen LogP contribution >= 0.6 is 0 Å². The second kappa shape index (κ2) is 9.88. The van der Waals surface area contributed by atoms with Crippen molar-refractivity contribution in [1.82, 2.24) is 0 Å². The minimum atomic E-state index is 0.184. The largest absolute Gasteiger partial charge is 0.494 e. The molecule has 1 saturated heterocycles. The molecule has 1 fully saturated rings. The monoisotopic (exact) mass is 442 g/mol. The highest BCUT2D eigenvalue weighted by atomic mass is 16.5. The number of carbonyl (C=O) groups is 1. The molecule has 6 nitrogen and oxygen atoms in total. The van der Waals surface area contributed by atoms with Gasteiger partial charge in [-0.2, -0.15) is 0 Å². The summed E-state index contributed by atoms with van der Waals surface area (Å²) in [5, 5.41) is 11.7. The number of nitrogens with one attached hydrogen (secondary N) is 2. The van der Waals surface area contributed by atoms with Crippen molar-refractivity contribution in [3.8, 4) is 16.9 Å². The van der Waals surface area contributed by atoms with Gasteiger partial charge in [-0.05, 0) is 61.2 Å². The molecular weight excluding hydrogens is 412 g/mol. The third kappa shape index (κ3) is 4.76. The zero-order valence-electron chi connectivity index (χ0n) is 19.2. The molecule has 0 spiro atoms. The predicted molar refractivity (Wildman–Crippen MR) is 135 cm³/mol. The summed E-state index contributed by atoms with van der Waals surface area (Å²) in [4.78, 5) is 14.1. The van der Waals surface area contributed by atoms with E-state index in [1.165, 1.54) is 0 Å². The fourth-order valence-electron chi connectivity index (χ4n) is 4.28. The zero-order valence-corrected chi connectivity index (χ0v) is 19.2. The molecule has 0 aromatic heterocycles. The number of rotatable bonds is 7. The minimum Gasteiger partial charge on any atom is -0.494 e. The Morgan fingerprint density at radius 3 is 2.58 bits per heavy atom. The Kier molecular flexibility index (Phi) is 6.75. The molecule has 3 aromatic rings. The standard InChI is InChI=1S/C27H30N4O2/c1-18(29)23-13-14-24(20-9-11-22(12-10-20)31-15-4-3-8-25(31)32)27(33-2)26(23)30-21-7-5-6-19(16-21)17-28/h5-7,9-14,16,29-30H,3-4,8,15,17,28H2,1-2H3. The van der Waals surface area contributed by atoms with Gasteiger partial charge in [0.25, 0.3) is 0 Å². The normalized spacial score (nSPS) is 13.7. The molecule has 1 heterocycles. The van der Waals surface area contributed by atoms with Gasteiger partial charge in [-0.3, -0.25) is 4.79 Å². The van der Waals surface area contributed by atoms with Crippen LogP contribution in [-0.4, -0.2) is 25.3 Å². The van der Waals surface area contributed by atoms with Crippen LogP contribution in [0, 0.1) is 5.41 Å². The van der Waals surface area contributed by atoms with E-state index in [0.29, 0.717) is 24.4 Å². The van der Waals surface area contributed by atoms with E-state index in [1.54, 1.807) is 14.0 Å². The topological polar surface area (TPSA) is 91.4 Å². The lowest BCUT2D eigenvalue weighted by Crippen LogP contribution is -2.35. The number of hydrogen-bond donors (Lipinski definition) is 3. The summed E-state index contributed by atoms with van der Waals surface area (Å²) in [5.74, 6) is 0.850.